The SMILES string of the molecule is Fc1ccccc1N1CCN(CCC2CCCN2)CC1. The van der Waals surface area contributed by atoms with Crippen LogP contribution in [0.15, 0.2) is 24.3 Å². The van der Waals surface area contributed by atoms with Gasteiger partial charge in [-0.3, -0.25) is 4.90 Å². The van der Waals surface area contributed by atoms with Gasteiger partial charge in [0.1, 0.15) is 5.82 Å². The van der Waals surface area contributed by atoms with Gasteiger partial charge in [0, 0.05) is 32.2 Å². The van der Waals surface area contributed by atoms with E-state index in [1.807, 2.05) is 12.1 Å². The maximum atomic E-state index is 13.8. The fourth-order valence-corrected chi connectivity index (χ4v) is 3.26. The van der Waals surface area contributed by atoms with Crippen LogP contribution in [0.4, 0.5) is 10.1 Å². The van der Waals surface area contributed by atoms with E-state index in [1.54, 1.807) is 12.1 Å². The van der Waals surface area contributed by atoms with Crippen molar-refractivity contribution in [2.24, 2.45) is 0 Å². The standard InChI is InChI=1S/C16H24FN3/c17-15-5-1-2-6-16(15)20-12-10-19(11-13-20)9-7-14-4-3-8-18-14/h1-2,5-6,14,18H,3-4,7-13H2. The molecule has 2 aliphatic heterocycles. The van der Waals surface area contributed by atoms with Crippen LogP contribution in [0.2, 0.25) is 0 Å². The van der Waals surface area contributed by atoms with Crippen molar-refractivity contribution >= 4 is 5.69 Å². The van der Waals surface area contributed by atoms with Gasteiger partial charge in [-0.1, -0.05) is 12.1 Å². The summed E-state index contributed by atoms with van der Waals surface area (Å²) < 4.78 is 13.8. The summed E-state index contributed by atoms with van der Waals surface area (Å²) in [6, 6.07) is 7.82. The maximum absolute atomic E-state index is 13.8. The molecule has 2 fully saturated rings. The van der Waals surface area contributed by atoms with Gasteiger partial charge in [0.15, 0.2) is 0 Å². The molecule has 1 atom stereocenters. The van der Waals surface area contributed by atoms with E-state index in [0.29, 0.717) is 0 Å². The van der Waals surface area contributed by atoms with E-state index in [1.165, 1.54) is 32.4 Å². The van der Waals surface area contributed by atoms with Crippen molar-refractivity contribution in [1.82, 2.24) is 10.2 Å². The average molecular weight is 277 g/mol. The highest BCUT2D eigenvalue weighted by Crippen LogP contribution is 2.20. The number of piperazine rings is 1. The minimum atomic E-state index is -0.101. The molecule has 2 heterocycles. The van der Waals surface area contributed by atoms with Crippen molar-refractivity contribution in [3.63, 3.8) is 0 Å². The van der Waals surface area contributed by atoms with Gasteiger partial charge in [0.25, 0.3) is 0 Å². The highest BCUT2D eigenvalue weighted by Gasteiger charge is 2.20. The van der Waals surface area contributed by atoms with Crippen molar-refractivity contribution in [2.75, 3.05) is 44.2 Å². The Balaban J connectivity index is 1.46. The monoisotopic (exact) mass is 277 g/mol. The number of anilines is 1. The Kier molecular flexibility index (Phi) is 4.53. The van der Waals surface area contributed by atoms with Crippen LogP contribution in [0.5, 0.6) is 0 Å². The van der Waals surface area contributed by atoms with Crippen molar-refractivity contribution in [1.29, 1.82) is 0 Å². The molecule has 2 saturated heterocycles. The Hall–Kier alpha value is -1.13. The smallest absolute Gasteiger partial charge is 0.146 e. The van der Waals surface area contributed by atoms with Crippen molar-refractivity contribution in [2.45, 2.75) is 25.3 Å². The van der Waals surface area contributed by atoms with Crippen LogP contribution in [0, 0.1) is 5.82 Å². The second-order valence-corrected chi connectivity index (χ2v) is 5.86. The van der Waals surface area contributed by atoms with Gasteiger partial charge in [-0.25, -0.2) is 4.39 Å². The van der Waals surface area contributed by atoms with E-state index in [0.717, 1.165) is 37.9 Å². The minimum absolute atomic E-state index is 0.101. The summed E-state index contributed by atoms with van der Waals surface area (Å²) >= 11 is 0. The maximum Gasteiger partial charge on any atom is 0.146 e. The minimum Gasteiger partial charge on any atom is -0.367 e. The molecule has 0 radical (unpaired) electrons. The molecule has 0 spiro atoms. The summed E-state index contributed by atoms with van der Waals surface area (Å²) in [6.45, 7) is 6.30. The van der Waals surface area contributed by atoms with E-state index in [9.17, 15) is 4.39 Å². The average Bonchev–Trinajstić information content (AvgIpc) is 3.00. The van der Waals surface area contributed by atoms with Crippen LogP contribution in [0.1, 0.15) is 19.3 Å². The molecule has 110 valence electrons. The number of rotatable bonds is 4. The molecule has 0 aromatic heterocycles. The molecular weight excluding hydrogens is 253 g/mol. The summed E-state index contributed by atoms with van der Waals surface area (Å²) in [7, 11) is 0. The summed E-state index contributed by atoms with van der Waals surface area (Å²) in [6.07, 6.45) is 3.90. The number of halogens is 1. The molecule has 1 N–H and O–H groups in total. The van der Waals surface area contributed by atoms with E-state index < -0.39 is 0 Å². The largest absolute Gasteiger partial charge is 0.367 e. The number of nitrogens with zero attached hydrogens (tertiary/aromatic N) is 2. The third-order valence-corrected chi connectivity index (χ3v) is 4.52. The lowest BCUT2D eigenvalue weighted by Crippen LogP contribution is -2.47. The normalized spacial score (nSPS) is 24.2. The van der Waals surface area contributed by atoms with Gasteiger partial charge in [-0.05, 0) is 44.5 Å². The highest BCUT2D eigenvalue weighted by molar-refractivity contribution is 5.47. The molecule has 1 aromatic carbocycles. The quantitative estimate of drug-likeness (QED) is 0.909. The first-order chi connectivity index (χ1) is 9.83. The van der Waals surface area contributed by atoms with Gasteiger partial charge in [-0.15, -0.1) is 0 Å². The van der Waals surface area contributed by atoms with Gasteiger partial charge < -0.3 is 10.2 Å². The second-order valence-electron chi connectivity index (χ2n) is 5.86. The molecule has 4 heteroatoms. The first kappa shape index (κ1) is 13.8. The molecule has 0 amide bonds. The fourth-order valence-electron chi connectivity index (χ4n) is 3.26. The van der Waals surface area contributed by atoms with Gasteiger partial charge in [0.2, 0.25) is 0 Å². The zero-order chi connectivity index (χ0) is 13.8. The zero-order valence-corrected chi connectivity index (χ0v) is 12.0. The lowest BCUT2D eigenvalue weighted by atomic mass is 10.1. The van der Waals surface area contributed by atoms with E-state index >= 15 is 0 Å². The Labute approximate surface area is 120 Å². The number of para-hydroxylation sites is 1. The Morgan fingerprint density at radius 1 is 1.15 bits per heavy atom. The molecule has 20 heavy (non-hydrogen) atoms. The van der Waals surface area contributed by atoms with Crippen molar-refractivity contribution in [3.8, 4) is 0 Å². The summed E-state index contributed by atoms with van der Waals surface area (Å²) in [5.41, 5.74) is 0.754. The van der Waals surface area contributed by atoms with Gasteiger partial charge in [-0.2, -0.15) is 0 Å². The Morgan fingerprint density at radius 2 is 1.95 bits per heavy atom. The first-order valence-corrected chi connectivity index (χ1v) is 7.78. The fraction of sp³-hybridized carbons (Fsp3) is 0.625. The van der Waals surface area contributed by atoms with Gasteiger partial charge in [0.05, 0.1) is 5.69 Å². The molecular formula is C16H24FN3. The molecule has 3 nitrogen and oxygen atoms in total. The van der Waals surface area contributed by atoms with Crippen LogP contribution < -0.4 is 10.2 Å². The van der Waals surface area contributed by atoms with Crippen LogP contribution in [0.3, 0.4) is 0 Å². The third kappa shape index (κ3) is 3.30. The van der Waals surface area contributed by atoms with Crippen LogP contribution in [-0.4, -0.2) is 50.2 Å². The number of hydrogen-bond acceptors (Lipinski definition) is 3. The van der Waals surface area contributed by atoms with Crippen molar-refractivity contribution < 1.29 is 4.39 Å². The summed E-state index contributed by atoms with van der Waals surface area (Å²) in [5, 5.41) is 3.55. The predicted molar refractivity (Wildman–Crippen MR) is 80.7 cm³/mol. The van der Waals surface area contributed by atoms with Gasteiger partial charge >= 0.3 is 0 Å². The molecule has 0 aliphatic carbocycles. The lowest BCUT2D eigenvalue weighted by Gasteiger charge is -2.36. The number of benzene rings is 1. The summed E-state index contributed by atoms with van der Waals surface area (Å²) in [5.74, 6) is -0.101. The zero-order valence-electron chi connectivity index (χ0n) is 12.0. The third-order valence-electron chi connectivity index (χ3n) is 4.52. The first-order valence-electron chi connectivity index (χ1n) is 7.78. The van der Waals surface area contributed by atoms with Crippen LogP contribution in [-0.2, 0) is 0 Å². The topological polar surface area (TPSA) is 18.5 Å². The van der Waals surface area contributed by atoms with E-state index in [4.69, 9.17) is 0 Å². The second kappa shape index (κ2) is 6.55. The molecule has 1 aromatic rings. The molecule has 0 saturated carbocycles. The van der Waals surface area contributed by atoms with Crippen LogP contribution in [0.25, 0.3) is 0 Å². The number of nitrogens with one attached hydrogen (secondary N) is 1. The molecule has 1 unspecified atom stereocenters. The Morgan fingerprint density at radius 3 is 2.65 bits per heavy atom. The van der Waals surface area contributed by atoms with E-state index in [-0.39, 0.29) is 5.82 Å². The van der Waals surface area contributed by atoms with Crippen molar-refractivity contribution in [3.05, 3.63) is 30.1 Å². The Bertz CT molecular complexity index is 423. The molecule has 3 rings (SSSR count). The van der Waals surface area contributed by atoms with Crippen LogP contribution >= 0.6 is 0 Å². The predicted octanol–water partition coefficient (Wildman–Crippen LogP) is 2.09. The lowest BCUT2D eigenvalue weighted by molar-refractivity contribution is 0.245. The number of hydrogen-bond donors (Lipinski definition) is 1. The van der Waals surface area contributed by atoms with E-state index in [2.05, 4.69) is 15.1 Å². The molecule has 2 aliphatic rings. The summed E-state index contributed by atoms with van der Waals surface area (Å²) in [4.78, 5) is 4.68. The molecule has 0 bridgehead atoms. The highest BCUT2D eigenvalue weighted by atomic mass is 19.1.